The molecule has 1 N–H and O–H groups in total. The standard InChI is InChI=1S/C10H12BrNS.2C2H6/c1-4-8-9(11)5-7(13-3)6-10(8)12-2;2*1-2/h4-6,12H,1H2,2-3H3;2*1-2H3. The fourth-order valence-corrected chi connectivity index (χ4v) is 2.37. The lowest BCUT2D eigenvalue weighted by molar-refractivity contribution is 1.38. The molecule has 3 heteroatoms. The van der Waals surface area contributed by atoms with Gasteiger partial charge in [0.15, 0.2) is 0 Å². The minimum Gasteiger partial charge on any atom is -0.388 e. The summed E-state index contributed by atoms with van der Waals surface area (Å²) in [6.45, 7) is 11.8. The lowest BCUT2D eigenvalue weighted by Gasteiger charge is -2.09. The molecule has 0 fully saturated rings. The Morgan fingerprint density at radius 2 is 1.76 bits per heavy atom. The maximum Gasteiger partial charge on any atom is 0.0433 e. The van der Waals surface area contributed by atoms with E-state index in [1.54, 1.807) is 11.8 Å². The molecule has 0 heterocycles. The van der Waals surface area contributed by atoms with E-state index in [0.29, 0.717) is 0 Å². The van der Waals surface area contributed by atoms with E-state index < -0.39 is 0 Å². The fourth-order valence-electron chi connectivity index (χ4n) is 1.13. The third-order valence-corrected chi connectivity index (χ3v) is 3.18. The monoisotopic (exact) mass is 317 g/mol. The van der Waals surface area contributed by atoms with Crippen molar-refractivity contribution in [2.45, 2.75) is 32.6 Å². The molecule has 1 aromatic rings. The number of rotatable bonds is 3. The minimum atomic E-state index is 1.08. The van der Waals surface area contributed by atoms with E-state index in [9.17, 15) is 0 Å². The van der Waals surface area contributed by atoms with Crippen molar-refractivity contribution in [2.75, 3.05) is 18.6 Å². The van der Waals surface area contributed by atoms with E-state index in [1.807, 2.05) is 40.8 Å². The number of nitrogens with one attached hydrogen (secondary N) is 1. The first kappa shape index (κ1) is 18.9. The molecule has 1 nitrogen and oxygen atoms in total. The van der Waals surface area contributed by atoms with Gasteiger partial charge in [0.05, 0.1) is 0 Å². The smallest absolute Gasteiger partial charge is 0.0433 e. The molecule has 0 saturated heterocycles. The van der Waals surface area contributed by atoms with E-state index in [-0.39, 0.29) is 0 Å². The van der Waals surface area contributed by atoms with Gasteiger partial charge in [-0.1, -0.05) is 56.3 Å². The molecule has 98 valence electrons. The van der Waals surface area contributed by atoms with Crippen molar-refractivity contribution >= 4 is 39.5 Å². The summed E-state index contributed by atoms with van der Waals surface area (Å²) >= 11 is 5.24. The maximum atomic E-state index is 3.78. The first-order chi connectivity index (χ1) is 8.22. The third-order valence-electron chi connectivity index (χ3n) is 1.81. The largest absolute Gasteiger partial charge is 0.388 e. The number of halogens is 1. The van der Waals surface area contributed by atoms with Crippen LogP contribution in [0.5, 0.6) is 0 Å². The van der Waals surface area contributed by atoms with Crippen molar-refractivity contribution in [1.29, 1.82) is 0 Å². The number of benzene rings is 1. The van der Waals surface area contributed by atoms with Crippen LogP contribution in [-0.2, 0) is 0 Å². The normalized spacial score (nSPS) is 8.18. The number of hydrogen-bond acceptors (Lipinski definition) is 2. The van der Waals surface area contributed by atoms with Crippen molar-refractivity contribution in [3.05, 3.63) is 28.7 Å². The molecule has 0 aliphatic heterocycles. The summed E-state index contributed by atoms with van der Waals surface area (Å²) in [4.78, 5) is 1.24. The van der Waals surface area contributed by atoms with Crippen LogP contribution in [0.15, 0.2) is 28.1 Å². The molecule has 0 amide bonds. The highest BCUT2D eigenvalue weighted by molar-refractivity contribution is 9.10. The zero-order chi connectivity index (χ0) is 13.8. The van der Waals surface area contributed by atoms with Crippen molar-refractivity contribution in [3.63, 3.8) is 0 Å². The fraction of sp³-hybridized carbons (Fsp3) is 0.429. The Bertz CT molecular complexity index is 324. The Hall–Kier alpha value is -0.410. The van der Waals surface area contributed by atoms with Crippen LogP contribution in [0.1, 0.15) is 33.3 Å². The second-order valence-electron chi connectivity index (χ2n) is 2.52. The van der Waals surface area contributed by atoms with Gasteiger partial charge in [0.25, 0.3) is 0 Å². The van der Waals surface area contributed by atoms with Crippen LogP contribution >= 0.6 is 27.7 Å². The van der Waals surface area contributed by atoms with Gasteiger partial charge in [0, 0.05) is 27.7 Å². The molecule has 0 atom stereocenters. The highest BCUT2D eigenvalue weighted by atomic mass is 79.9. The summed E-state index contributed by atoms with van der Waals surface area (Å²) in [5, 5.41) is 3.15. The number of thioether (sulfide) groups is 1. The summed E-state index contributed by atoms with van der Waals surface area (Å²) in [5.74, 6) is 0. The van der Waals surface area contributed by atoms with E-state index in [4.69, 9.17) is 0 Å². The van der Waals surface area contributed by atoms with Gasteiger partial charge in [-0.3, -0.25) is 0 Å². The van der Waals surface area contributed by atoms with Gasteiger partial charge >= 0.3 is 0 Å². The second kappa shape index (κ2) is 12.1. The molecule has 1 aromatic carbocycles. The predicted octanol–water partition coefficient (Wildman–Crippen LogP) is 5.91. The van der Waals surface area contributed by atoms with Gasteiger partial charge in [-0.05, 0) is 18.4 Å². The van der Waals surface area contributed by atoms with Gasteiger partial charge in [-0.25, -0.2) is 0 Å². The van der Waals surface area contributed by atoms with Crippen molar-refractivity contribution in [2.24, 2.45) is 0 Å². The molecule has 0 saturated carbocycles. The molecular formula is C14H24BrNS. The Kier molecular flexibility index (Phi) is 13.4. The van der Waals surface area contributed by atoms with Crippen LogP contribution in [0.2, 0.25) is 0 Å². The maximum absolute atomic E-state index is 3.78. The van der Waals surface area contributed by atoms with E-state index in [0.717, 1.165) is 15.7 Å². The van der Waals surface area contributed by atoms with Gasteiger partial charge in [-0.2, -0.15) is 0 Å². The van der Waals surface area contributed by atoms with Crippen molar-refractivity contribution in [3.8, 4) is 0 Å². The summed E-state index contributed by atoms with van der Waals surface area (Å²) in [6.07, 6.45) is 3.91. The molecule has 1 rings (SSSR count). The Balaban J connectivity index is 0. The predicted molar refractivity (Wildman–Crippen MR) is 88.3 cm³/mol. The summed E-state index contributed by atoms with van der Waals surface area (Å²) < 4.78 is 1.08. The number of anilines is 1. The SMILES string of the molecule is C=Cc1c(Br)cc(SC)cc1NC.CC.CC. The highest BCUT2D eigenvalue weighted by Gasteiger charge is 2.04. The van der Waals surface area contributed by atoms with E-state index in [2.05, 4.69) is 46.2 Å². The van der Waals surface area contributed by atoms with E-state index in [1.165, 1.54) is 4.90 Å². The zero-order valence-electron chi connectivity index (χ0n) is 11.7. The van der Waals surface area contributed by atoms with Gasteiger partial charge in [-0.15, -0.1) is 11.8 Å². The highest BCUT2D eigenvalue weighted by Crippen LogP contribution is 2.31. The van der Waals surface area contributed by atoms with Gasteiger partial charge < -0.3 is 5.32 Å². The van der Waals surface area contributed by atoms with Crippen molar-refractivity contribution < 1.29 is 0 Å². The van der Waals surface area contributed by atoms with Crippen LogP contribution in [0.4, 0.5) is 5.69 Å². The lowest BCUT2D eigenvalue weighted by atomic mass is 10.2. The van der Waals surface area contributed by atoms with Crippen LogP contribution in [-0.4, -0.2) is 13.3 Å². The topological polar surface area (TPSA) is 12.0 Å². The zero-order valence-corrected chi connectivity index (χ0v) is 14.1. The molecule has 0 spiro atoms. The summed E-state index contributed by atoms with van der Waals surface area (Å²) in [7, 11) is 1.92. The molecule has 0 radical (unpaired) electrons. The van der Waals surface area contributed by atoms with Gasteiger partial charge in [0.1, 0.15) is 0 Å². The Morgan fingerprint density at radius 3 is 2.12 bits per heavy atom. The molecular weight excluding hydrogens is 294 g/mol. The Morgan fingerprint density at radius 1 is 1.24 bits per heavy atom. The molecule has 0 aromatic heterocycles. The van der Waals surface area contributed by atoms with Crippen LogP contribution in [0, 0.1) is 0 Å². The molecule has 0 aliphatic carbocycles. The van der Waals surface area contributed by atoms with Gasteiger partial charge in [0.2, 0.25) is 0 Å². The van der Waals surface area contributed by atoms with Crippen LogP contribution < -0.4 is 5.32 Å². The molecule has 0 unspecified atom stereocenters. The lowest BCUT2D eigenvalue weighted by Crippen LogP contribution is -1.92. The van der Waals surface area contributed by atoms with E-state index >= 15 is 0 Å². The average molecular weight is 318 g/mol. The first-order valence-corrected chi connectivity index (χ1v) is 7.92. The average Bonchev–Trinajstić information content (AvgIpc) is 2.42. The quantitative estimate of drug-likeness (QED) is 0.695. The third kappa shape index (κ3) is 6.18. The van der Waals surface area contributed by atoms with Crippen molar-refractivity contribution in [1.82, 2.24) is 0 Å². The molecule has 0 aliphatic rings. The molecule has 17 heavy (non-hydrogen) atoms. The Labute approximate surface area is 119 Å². The molecule has 0 bridgehead atoms. The second-order valence-corrected chi connectivity index (χ2v) is 4.26. The first-order valence-electron chi connectivity index (χ1n) is 5.90. The summed E-state index contributed by atoms with van der Waals surface area (Å²) in [5.41, 5.74) is 2.22. The number of hydrogen-bond donors (Lipinski definition) is 1. The van der Waals surface area contributed by atoms with Crippen LogP contribution in [0.3, 0.4) is 0 Å². The minimum absolute atomic E-state index is 1.08. The van der Waals surface area contributed by atoms with Crippen LogP contribution in [0.25, 0.3) is 6.08 Å². The summed E-state index contributed by atoms with van der Waals surface area (Å²) in [6, 6.07) is 4.22.